The van der Waals surface area contributed by atoms with E-state index in [4.69, 9.17) is 15.2 Å². The molecule has 1 spiro atoms. The van der Waals surface area contributed by atoms with E-state index in [1.807, 2.05) is 18.2 Å². The molecule has 116 valence electrons. The molecule has 0 aromatic heterocycles. The third kappa shape index (κ3) is 2.89. The summed E-state index contributed by atoms with van der Waals surface area (Å²) in [7, 11) is 1.69. The third-order valence-electron chi connectivity index (χ3n) is 5.37. The molecule has 0 amide bonds. The molecular weight excluding hydrogens is 262 g/mol. The topological polar surface area (TPSA) is 44.5 Å². The first kappa shape index (κ1) is 14.7. The summed E-state index contributed by atoms with van der Waals surface area (Å²) in [5.41, 5.74) is 7.52. The van der Waals surface area contributed by atoms with Crippen molar-refractivity contribution < 1.29 is 9.47 Å². The van der Waals surface area contributed by atoms with E-state index in [9.17, 15) is 0 Å². The molecule has 2 N–H and O–H groups in total. The van der Waals surface area contributed by atoms with Gasteiger partial charge in [0.15, 0.2) is 0 Å². The third-order valence-corrected chi connectivity index (χ3v) is 5.37. The van der Waals surface area contributed by atoms with Crippen molar-refractivity contribution in [3.63, 3.8) is 0 Å². The molecule has 1 aromatic rings. The number of fused-ring (bicyclic) bond motifs is 1. The van der Waals surface area contributed by atoms with Crippen LogP contribution in [0, 0.1) is 5.92 Å². The molecule has 3 rings (SSSR count). The molecule has 21 heavy (non-hydrogen) atoms. The van der Waals surface area contributed by atoms with Crippen LogP contribution in [-0.2, 0) is 0 Å². The zero-order valence-corrected chi connectivity index (χ0v) is 13.2. The molecule has 1 aliphatic heterocycles. The predicted molar refractivity (Wildman–Crippen MR) is 84.8 cm³/mol. The Kier molecular flexibility index (Phi) is 4.12. The summed E-state index contributed by atoms with van der Waals surface area (Å²) in [5.74, 6) is 2.68. The highest BCUT2D eigenvalue weighted by atomic mass is 16.5. The quantitative estimate of drug-likeness (QED) is 0.887. The minimum atomic E-state index is -0.0368. The second-order valence-corrected chi connectivity index (χ2v) is 6.70. The lowest BCUT2D eigenvalue weighted by atomic mass is 9.82. The molecule has 0 saturated heterocycles. The van der Waals surface area contributed by atoms with E-state index < -0.39 is 0 Å². The highest BCUT2D eigenvalue weighted by Crippen LogP contribution is 2.46. The van der Waals surface area contributed by atoms with Gasteiger partial charge in [-0.25, -0.2) is 0 Å². The molecule has 1 fully saturated rings. The van der Waals surface area contributed by atoms with Crippen molar-refractivity contribution >= 4 is 0 Å². The minimum Gasteiger partial charge on any atom is -0.497 e. The molecule has 1 saturated carbocycles. The lowest BCUT2D eigenvalue weighted by molar-refractivity contribution is 0.0202. The maximum Gasteiger partial charge on any atom is 0.125 e. The van der Waals surface area contributed by atoms with Gasteiger partial charge in [-0.1, -0.05) is 19.8 Å². The molecule has 2 aliphatic rings. The van der Waals surface area contributed by atoms with E-state index in [0.717, 1.165) is 42.2 Å². The Labute approximate surface area is 127 Å². The average Bonchev–Trinajstić information content (AvgIpc) is 2.69. The normalized spacial score (nSPS) is 32.1. The highest BCUT2D eigenvalue weighted by Gasteiger charge is 2.41. The molecule has 3 atom stereocenters. The van der Waals surface area contributed by atoms with Gasteiger partial charge in [-0.05, 0) is 49.8 Å². The molecular formula is C18H27NO2. The Morgan fingerprint density at radius 2 is 2.19 bits per heavy atom. The fourth-order valence-electron chi connectivity index (χ4n) is 3.99. The summed E-state index contributed by atoms with van der Waals surface area (Å²) >= 11 is 0. The van der Waals surface area contributed by atoms with Crippen molar-refractivity contribution in [3.05, 3.63) is 23.8 Å². The second-order valence-electron chi connectivity index (χ2n) is 6.70. The Hall–Kier alpha value is -1.22. The maximum absolute atomic E-state index is 6.47. The van der Waals surface area contributed by atoms with Crippen LogP contribution in [0.2, 0.25) is 0 Å². The van der Waals surface area contributed by atoms with Gasteiger partial charge in [0.1, 0.15) is 17.1 Å². The number of hydrogen-bond acceptors (Lipinski definition) is 3. The Bertz CT molecular complexity index is 502. The number of benzene rings is 1. The van der Waals surface area contributed by atoms with Gasteiger partial charge in [0.05, 0.1) is 7.11 Å². The number of methoxy groups -OCH3 is 1. The van der Waals surface area contributed by atoms with E-state index in [-0.39, 0.29) is 11.6 Å². The number of nitrogens with two attached hydrogens (primary N) is 1. The Morgan fingerprint density at radius 1 is 1.33 bits per heavy atom. The number of rotatable bonds is 2. The van der Waals surface area contributed by atoms with Crippen LogP contribution in [-0.4, -0.2) is 12.7 Å². The molecule has 3 nitrogen and oxygen atoms in total. The molecule has 1 heterocycles. The first-order chi connectivity index (χ1) is 10.2. The van der Waals surface area contributed by atoms with Crippen LogP contribution < -0.4 is 15.2 Å². The van der Waals surface area contributed by atoms with Crippen molar-refractivity contribution in [2.24, 2.45) is 11.7 Å². The van der Waals surface area contributed by atoms with Crippen LogP contribution >= 0.6 is 0 Å². The van der Waals surface area contributed by atoms with Crippen LogP contribution in [0.4, 0.5) is 0 Å². The summed E-state index contributed by atoms with van der Waals surface area (Å²) in [6.45, 7) is 2.30. The van der Waals surface area contributed by atoms with Gasteiger partial charge in [-0.15, -0.1) is 0 Å². The standard InChI is InChI=1S/C18H27NO2/c1-3-13-5-4-9-18(10-8-13)12-16(19)15-11-14(20-2)6-7-17(15)21-18/h6-7,11,13,16H,3-5,8-10,12,19H2,1-2H3/t13?,16-,18?/m1/s1. The van der Waals surface area contributed by atoms with Gasteiger partial charge in [-0.2, -0.15) is 0 Å². The van der Waals surface area contributed by atoms with E-state index >= 15 is 0 Å². The van der Waals surface area contributed by atoms with Crippen molar-refractivity contribution in [3.8, 4) is 11.5 Å². The SMILES string of the molecule is CCC1CCCC2(CC1)C[C@@H](N)c1cc(OC)ccc1O2. The smallest absolute Gasteiger partial charge is 0.125 e. The van der Waals surface area contributed by atoms with Crippen LogP contribution in [0.1, 0.15) is 63.5 Å². The van der Waals surface area contributed by atoms with Gasteiger partial charge >= 0.3 is 0 Å². The summed E-state index contributed by atoms with van der Waals surface area (Å²) in [6, 6.07) is 6.08. The summed E-state index contributed by atoms with van der Waals surface area (Å²) < 4.78 is 11.8. The first-order valence-corrected chi connectivity index (χ1v) is 8.28. The lowest BCUT2D eigenvalue weighted by Crippen LogP contribution is -2.42. The van der Waals surface area contributed by atoms with E-state index in [1.54, 1.807) is 7.11 Å². The van der Waals surface area contributed by atoms with Crippen LogP contribution in [0.25, 0.3) is 0 Å². The predicted octanol–water partition coefficient (Wildman–Crippen LogP) is 4.21. The van der Waals surface area contributed by atoms with Crippen LogP contribution in [0.5, 0.6) is 11.5 Å². The van der Waals surface area contributed by atoms with E-state index in [1.165, 1.54) is 25.7 Å². The second kappa shape index (κ2) is 5.88. The fourth-order valence-corrected chi connectivity index (χ4v) is 3.99. The van der Waals surface area contributed by atoms with E-state index in [0.29, 0.717) is 0 Å². The lowest BCUT2D eigenvalue weighted by Gasteiger charge is -2.41. The Morgan fingerprint density at radius 3 is 2.95 bits per heavy atom. The van der Waals surface area contributed by atoms with Crippen molar-refractivity contribution in [2.75, 3.05) is 7.11 Å². The number of hydrogen-bond donors (Lipinski definition) is 1. The minimum absolute atomic E-state index is 0.0368. The highest BCUT2D eigenvalue weighted by molar-refractivity contribution is 5.44. The Balaban J connectivity index is 1.84. The average molecular weight is 289 g/mol. The van der Waals surface area contributed by atoms with Crippen LogP contribution in [0.15, 0.2) is 18.2 Å². The van der Waals surface area contributed by atoms with Crippen LogP contribution in [0.3, 0.4) is 0 Å². The zero-order chi connectivity index (χ0) is 14.9. The molecule has 2 unspecified atom stereocenters. The van der Waals surface area contributed by atoms with E-state index in [2.05, 4.69) is 6.92 Å². The van der Waals surface area contributed by atoms with Crippen molar-refractivity contribution in [2.45, 2.75) is 63.5 Å². The van der Waals surface area contributed by atoms with Crippen molar-refractivity contribution in [1.82, 2.24) is 0 Å². The fraction of sp³-hybridized carbons (Fsp3) is 0.667. The monoisotopic (exact) mass is 289 g/mol. The summed E-state index contributed by atoms with van der Waals surface area (Å²) in [4.78, 5) is 0. The molecule has 1 aliphatic carbocycles. The largest absolute Gasteiger partial charge is 0.497 e. The summed E-state index contributed by atoms with van der Waals surface area (Å²) in [5, 5.41) is 0. The van der Waals surface area contributed by atoms with Crippen molar-refractivity contribution in [1.29, 1.82) is 0 Å². The number of ether oxygens (including phenoxy) is 2. The molecule has 3 heteroatoms. The molecule has 0 bridgehead atoms. The molecule has 0 radical (unpaired) electrons. The first-order valence-electron chi connectivity index (χ1n) is 8.28. The zero-order valence-electron chi connectivity index (χ0n) is 13.2. The van der Waals surface area contributed by atoms with Gasteiger partial charge in [-0.3, -0.25) is 0 Å². The van der Waals surface area contributed by atoms with Gasteiger partial charge in [0, 0.05) is 18.0 Å². The van der Waals surface area contributed by atoms with Gasteiger partial charge in [0.25, 0.3) is 0 Å². The maximum atomic E-state index is 6.47. The van der Waals surface area contributed by atoms with Gasteiger partial charge in [0.2, 0.25) is 0 Å². The summed E-state index contributed by atoms with van der Waals surface area (Å²) in [6.07, 6.45) is 8.38. The molecule has 1 aromatic carbocycles. The van der Waals surface area contributed by atoms with Gasteiger partial charge < -0.3 is 15.2 Å².